The molecule has 6 rings (SSSR count). The first-order chi connectivity index (χ1) is 20.1. The van der Waals surface area contributed by atoms with Crippen molar-refractivity contribution in [1.29, 1.82) is 0 Å². The third-order valence-corrected chi connectivity index (χ3v) is 15.4. The number of thioether (sulfide) groups is 1. The van der Waals surface area contributed by atoms with Crippen LogP contribution in [0.25, 0.3) is 0 Å². The summed E-state index contributed by atoms with van der Waals surface area (Å²) < 4.78 is 14.0. The summed E-state index contributed by atoms with van der Waals surface area (Å²) in [6.45, 7) is 12.8. The maximum Gasteiger partial charge on any atom is 0.192 e. The molecule has 220 valence electrons. The SMILES string of the molecule is CC(C)(C)[Si](C)(C)OC[C@@]12CC(=O)C=C1C[C@H]1[C@H](Sc3ccccn3)O[C@H](c3ccccc3)[C@H](c3ccccc3)N1C2. The lowest BCUT2D eigenvalue weighted by molar-refractivity contribution is -0.146. The normalized spacial score (nSPS) is 28.2. The number of rotatable bonds is 7. The molecule has 0 N–H and O–H groups in total. The maximum absolute atomic E-state index is 13.2. The highest BCUT2D eigenvalue weighted by atomic mass is 32.2. The molecule has 0 radical (unpaired) electrons. The largest absolute Gasteiger partial charge is 0.416 e. The second-order valence-electron chi connectivity index (χ2n) is 13.6. The van der Waals surface area contributed by atoms with Gasteiger partial charge >= 0.3 is 0 Å². The Morgan fingerprint density at radius 1 is 1.00 bits per heavy atom. The molecule has 5 atom stereocenters. The summed E-state index contributed by atoms with van der Waals surface area (Å²) in [5.74, 6) is 0.217. The summed E-state index contributed by atoms with van der Waals surface area (Å²) in [4.78, 5) is 20.5. The Balaban J connectivity index is 1.43. The molecule has 3 aliphatic rings. The minimum Gasteiger partial charge on any atom is -0.416 e. The Bertz CT molecular complexity index is 1430. The minimum absolute atomic E-state index is 0.00109. The first-order valence-electron chi connectivity index (χ1n) is 15.0. The van der Waals surface area contributed by atoms with E-state index < -0.39 is 8.32 Å². The fourth-order valence-electron chi connectivity index (χ4n) is 6.42. The monoisotopic (exact) mass is 598 g/mol. The fraction of sp³-hybridized carbons (Fsp3) is 0.429. The van der Waals surface area contributed by atoms with Gasteiger partial charge in [0, 0.05) is 31.2 Å². The van der Waals surface area contributed by atoms with E-state index in [0.717, 1.165) is 23.6 Å². The van der Waals surface area contributed by atoms with Gasteiger partial charge in [0.05, 0.1) is 17.1 Å². The van der Waals surface area contributed by atoms with E-state index in [1.807, 2.05) is 24.4 Å². The van der Waals surface area contributed by atoms with Gasteiger partial charge < -0.3 is 9.16 Å². The molecule has 5 nitrogen and oxygen atoms in total. The van der Waals surface area contributed by atoms with Crippen molar-refractivity contribution in [3.63, 3.8) is 0 Å². The first kappa shape index (κ1) is 29.5. The third-order valence-electron chi connectivity index (χ3n) is 9.77. The van der Waals surface area contributed by atoms with Gasteiger partial charge in [0.25, 0.3) is 0 Å². The number of hydrogen-bond donors (Lipinski definition) is 0. The van der Waals surface area contributed by atoms with Crippen LogP contribution in [-0.2, 0) is 14.0 Å². The number of fused-ring (bicyclic) bond motifs is 2. The molecule has 2 fully saturated rings. The van der Waals surface area contributed by atoms with Crippen LogP contribution >= 0.6 is 11.8 Å². The van der Waals surface area contributed by atoms with Gasteiger partial charge in [0.15, 0.2) is 14.1 Å². The Kier molecular flexibility index (Phi) is 8.09. The van der Waals surface area contributed by atoms with Gasteiger partial charge in [-0.05, 0) is 53.9 Å². The number of carbonyl (C=O) groups is 1. The average molecular weight is 599 g/mol. The molecule has 3 aromatic rings. The van der Waals surface area contributed by atoms with Gasteiger partial charge in [-0.2, -0.15) is 0 Å². The Labute approximate surface area is 255 Å². The summed E-state index contributed by atoms with van der Waals surface area (Å²) in [6.07, 6.45) is 4.88. The van der Waals surface area contributed by atoms with Crippen LogP contribution in [0, 0.1) is 5.41 Å². The maximum atomic E-state index is 13.2. The number of ether oxygens (including phenoxy) is 1. The highest BCUT2D eigenvalue weighted by molar-refractivity contribution is 7.99. The van der Waals surface area contributed by atoms with Crippen molar-refractivity contribution >= 4 is 25.9 Å². The second kappa shape index (κ2) is 11.5. The van der Waals surface area contributed by atoms with E-state index in [0.29, 0.717) is 13.0 Å². The summed E-state index contributed by atoms with van der Waals surface area (Å²) >= 11 is 1.69. The molecule has 0 bridgehead atoms. The summed E-state index contributed by atoms with van der Waals surface area (Å²) in [5.41, 5.74) is 3.14. The zero-order valence-electron chi connectivity index (χ0n) is 25.3. The van der Waals surface area contributed by atoms with Crippen LogP contribution in [0.3, 0.4) is 0 Å². The molecule has 7 heteroatoms. The molecule has 0 saturated carbocycles. The number of piperidine rings is 1. The van der Waals surface area contributed by atoms with Crippen LogP contribution in [-0.4, -0.2) is 48.6 Å². The number of aromatic nitrogens is 1. The molecule has 3 heterocycles. The molecule has 2 aromatic carbocycles. The lowest BCUT2D eigenvalue weighted by Crippen LogP contribution is -2.60. The number of nitrogens with zero attached hydrogens (tertiary/aromatic N) is 2. The van der Waals surface area contributed by atoms with Gasteiger partial charge in [-0.3, -0.25) is 9.69 Å². The van der Waals surface area contributed by atoms with Crippen LogP contribution in [0.5, 0.6) is 0 Å². The average Bonchev–Trinajstić information content (AvgIpc) is 3.31. The van der Waals surface area contributed by atoms with Gasteiger partial charge in [-0.15, -0.1) is 0 Å². The summed E-state index contributed by atoms with van der Waals surface area (Å²) in [5, 5.41) is 1.05. The minimum atomic E-state index is -2.03. The van der Waals surface area contributed by atoms with Crippen molar-refractivity contribution in [3.05, 3.63) is 108 Å². The van der Waals surface area contributed by atoms with Crippen molar-refractivity contribution < 1.29 is 14.0 Å². The van der Waals surface area contributed by atoms with Crippen molar-refractivity contribution in [1.82, 2.24) is 9.88 Å². The molecule has 0 spiro atoms. The molecule has 2 aliphatic heterocycles. The molecule has 0 unspecified atom stereocenters. The van der Waals surface area contributed by atoms with Crippen molar-refractivity contribution in [3.8, 4) is 0 Å². The zero-order valence-corrected chi connectivity index (χ0v) is 27.1. The van der Waals surface area contributed by atoms with Gasteiger partial charge in [0.2, 0.25) is 0 Å². The van der Waals surface area contributed by atoms with Gasteiger partial charge in [-0.1, -0.05) is 105 Å². The number of carbonyl (C=O) groups excluding carboxylic acids is 1. The Hall–Kier alpha value is -2.55. The quantitative estimate of drug-likeness (QED) is 0.257. The van der Waals surface area contributed by atoms with Crippen LogP contribution in [0.2, 0.25) is 18.1 Å². The lowest BCUT2D eigenvalue weighted by atomic mass is 9.73. The van der Waals surface area contributed by atoms with Crippen LogP contribution in [0.15, 0.2) is 102 Å². The van der Waals surface area contributed by atoms with E-state index in [4.69, 9.17) is 9.16 Å². The second-order valence-corrected chi connectivity index (χ2v) is 19.5. The predicted octanol–water partition coefficient (Wildman–Crippen LogP) is 7.99. The van der Waals surface area contributed by atoms with E-state index in [-0.39, 0.29) is 39.9 Å². The van der Waals surface area contributed by atoms with E-state index in [9.17, 15) is 4.79 Å². The number of hydrogen-bond acceptors (Lipinski definition) is 6. The van der Waals surface area contributed by atoms with Crippen molar-refractivity contribution in [2.75, 3.05) is 13.2 Å². The van der Waals surface area contributed by atoms with Crippen LogP contribution in [0.1, 0.15) is 56.9 Å². The molecule has 1 aromatic heterocycles. The highest BCUT2D eigenvalue weighted by Crippen LogP contribution is 2.56. The number of morpholine rings is 1. The summed E-state index contributed by atoms with van der Waals surface area (Å²) in [7, 11) is -2.03. The molecule has 2 saturated heterocycles. The van der Waals surface area contributed by atoms with E-state index in [2.05, 4.69) is 110 Å². The van der Waals surface area contributed by atoms with E-state index >= 15 is 0 Å². The standard InChI is InChI=1S/C35H42N2O3SSi/c1-34(2,3)42(4,5)39-24-35-22-28(38)20-27(35)21-29-33(41-30-18-12-13-19-36-30)40-32(26-16-10-7-11-17-26)31(37(29)23-35)25-14-8-6-9-15-25/h6-20,29,31-33H,21-24H2,1-5H3/t29-,31-,32+,33-,35-/m0/s1. The molecule has 0 amide bonds. The predicted molar refractivity (Wildman–Crippen MR) is 172 cm³/mol. The molecular weight excluding hydrogens is 557 g/mol. The van der Waals surface area contributed by atoms with Crippen LogP contribution < -0.4 is 0 Å². The zero-order chi connectivity index (χ0) is 29.5. The van der Waals surface area contributed by atoms with Crippen molar-refractivity contribution in [2.45, 2.75) is 80.4 Å². The van der Waals surface area contributed by atoms with E-state index in [1.165, 1.54) is 11.1 Å². The lowest BCUT2D eigenvalue weighted by Gasteiger charge is -2.56. The molecule has 42 heavy (non-hydrogen) atoms. The van der Waals surface area contributed by atoms with Crippen molar-refractivity contribution in [2.24, 2.45) is 5.41 Å². The number of pyridine rings is 1. The topological polar surface area (TPSA) is 51.7 Å². The van der Waals surface area contributed by atoms with Gasteiger partial charge in [-0.25, -0.2) is 4.98 Å². The molecular formula is C35H42N2O3SSi. The number of allylic oxidation sites excluding steroid dienone is 1. The Morgan fingerprint density at radius 3 is 2.31 bits per heavy atom. The van der Waals surface area contributed by atoms with Crippen LogP contribution in [0.4, 0.5) is 0 Å². The highest BCUT2D eigenvalue weighted by Gasteiger charge is 2.56. The number of ketones is 1. The Morgan fingerprint density at radius 2 is 1.67 bits per heavy atom. The third kappa shape index (κ3) is 5.70. The van der Waals surface area contributed by atoms with E-state index in [1.54, 1.807) is 11.8 Å². The fourth-order valence-corrected chi connectivity index (χ4v) is 8.59. The number of benzene rings is 2. The van der Waals surface area contributed by atoms with Gasteiger partial charge in [0.1, 0.15) is 11.5 Å². The first-order valence-corrected chi connectivity index (χ1v) is 18.8. The molecule has 1 aliphatic carbocycles. The smallest absolute Gasteiger partial charge is 0.192 e. The summed E-state index contributed by atoms with van der Waals surface area (Å²) in [6, 6.07) is 27.4.